The Morgan fingerprint density at radius 2 is 2.00 bits per heavy atom. The van der Waals surface area contributed by atoms with Crippen LogP contribution < -0.4 is 15.8 Å². The predicted molar refractivity (Wildman–Crippen MR) is 110 cm³/mol. The number of amides is 1. The molecule has 1 aromatic heterocycles. The van der Waals surface area contributed by atoms with Gasteiger partial charge in [0.1, 0.15) is 0 Å². The first-order chi connectivity index (χ1) is 13.0. The van der Waals surface area contributed by atoms with E-state index in [4.69, 9.17) is 11.6 Å². The lowest BCUT2D eigenvalue weighted by molar-refractivity contribution is -0.116. The SMILES string of the molecule is CN(C)c1ccc(Cl)cc1NC(=O)CCCn1cnc2ccccc2c1=O. The van der Waals surface area contributed by atoms with E-state index in [-0.39, 0.29) is 11.5 Å². The normalized spacial score (nSPS) is 10.8. The molecule has 0 saturated carbocycles. The third-order valence-electron chi connectivity index (χ3n) is 4.25. The Morgan fingerprint density at radius 1 is 1.22 bits per heavy atom. The van der Waals surface area contributed by atoms with Gasteiger partial charge in [-0.3, -0.25) is 14.2 Å². The first-order valence-electron chi connectivity index (χ1n) is 8.66. The number of hydrogen-bond acceptors (Lipinski definition) is 4. The molecule has 0 fully saturated rings. The van der Waals surface area contributed by atoms with Crippen molar-refractivity contribution in [2.24, 2.45) is 0 Å². The van der Waals surface area contributed by atoms with Gasteiger partial charge in [0.05, 0.1) is 28.6 Å². The fourth-order valence-corrected chi connectivity index (χ4v) is 3.06. The van der Waals surface area contributed by atoms with Crippen molar-refractivity contribution in [3.63, 3.8) is 0 Å². The highest BCUT2D eigenvalue weighted by Gasteiger charge is 2.10. The maximum Gasteiger partial charge on any atom is 0.261 e. The average molecular weight is 385 g/mol. The second kappa shape index (κ2) is 8.22. The summed E-state index contributed by atoms with van der Waals surface area (Å²) in [5, 5.41) is 4.04. The van der Waals surface area contributed by atoms with Crippen LogP contribution in [0.3, 0.4) is 0 Å². The molecule has 6 nitrogen and oxygen atoms in total. The van der Waals surface area contributed by atoms with Gasteiger partial charge < -0.3 is 10.2 Å². The van der Waals surface area contributed by atoms with Crippen molar-refractivity contribution < 1.29 is 4.79 Å². The summed E-state index contributed by atoms with van der Waals surface area (Å²) >= 11 is 6.04. The molecule has 1 amide bonds. The minimum atomic E-state index is -0.123. The highest BCUT2D eigenvalue weighted by molar-refractivity contribution is 6.31. The molecule has 1 N–H and O–H groups in total. The van der Waals surface area contributed by atoms with Crippen molar-refractivity contribution in [3.8, 4) is 0 Å². The van der Waals surface area contributed by atoms with Gasteiger partial charge in [0.25, 0.3) is 5.56 Å². The van der Waals surface area contributed by atoms with Gasteiger partial charge in [0.15, 0.2) is 0 Å². The van der Waals surface area contributed by atoms with Crippen LogP contribution in [0.1, 0.15) is 12.8 Å². The van der Waals surface area contributed by atoms with Crippen LogP contribution in [0, 0.1) is 0 Å². The Balaban J connectivity index is 1.63. The van der Waals surface area contributed by atoms with Gasteiger partial charge in [-0.2, -0.15) is 0 Å². The third kappa shape index (κ3) is 4.46. The smallest absolute Gasteiger partial charge is 0.261 e. The van der Waals surface area contributed by atoms with Gasteiger partial charge in [0, 0.05) is 32.1 Å². The first kappa shape index (κ1) is 18.9. The highest BCUT2D eigenvalue weighted by Crippen LogP contribution is 2.27. The minimum Gasteiger partial charge on any atom is -0.376 e. The van der Waals surface area contributed by atoms with Crippen molar-refractivity contribution in [2.75, 3.05) is 24.3 Å². The number of nitrogens with one attached hydrogen (secondary N) is 1. The third-order valence-corrected chi connectivity index (χ3v) is 4.48. The number of aromatic nitrogens is 2. The summed E-state index contributed by atoms with van der Waals surface area (Å²) in [6.45, 7) is 0.431. The minimum absolute atomic E-state index is 0.0919. The Morgan fingerprint density at radius 3 is 2.78 bits per heavy atom. The Labute approximate surface area is 162 Å². The van der Waals surface area contributed by atoms with E-state index in [2.05, 4.69) is 10.3 Å². The molecule has 3 rings (SSSR count). The number of carbonyl (C=O) groups excluding carboxylic acids is 1. The van der Waals surface area contributed by atoms with E-state index >= 15 is 0 Å². The zero-order valence-electron chi connectivity index (χ0n) is 15.3. The van der Waals surface area contributed by atoms with Gasteiger partial charge in [-0.1, -0.05) is 23.7 Å². The van der Waals surface area contributed by atoms with Gasteiger partial charge in [-0.05, 0) is 36.8 Å². The van der Waals surface area contributed by atoms with Crippen molar-refractivity contribution in [3.05, 3.63) is 64.2 Å². The van der Waals surface area contributed by atoms with Crippen LogP contribution in [0.25, 0.3) is 10.9 Å². The summed E-state index contributed by atoms with van der Waals surface area (Å²) < 4.78 is 1.54. The number of hydrogen-bond donors (Lipinski definition) is 1. The summed E-state index contributed by atoms with van der Waals surface area (Å²) in [7, 11) is 3.80. The number of aryl methyl sites for hydroxylation is 1. The monoisotopic (exact) mass is 384 g/mol. The van der Waals surface area contributed by atoms with Crippen molar-refractivity contribution in [1.82, 2.24) is 9.55 Å². The van der Waals surface area contributed by atoms with Crippen LogP contribution >= 0.6 is 11.6 Å². The number of rotatable bonds is 6. The number of benzene rings is 2. The number of carbonyl (C=O) groups is 1. The number of para-hydroxylation sites is 1. The molecule has 0 bridgehead atoms. The molecule has 27 heavy (non-hydrogen) atoms. The van der Waals surface area contributed by atoms with Gasteiger partial charge >= 0.3 is 0 Å². The van der Waals surface area contributed by atoms with Crippen LogP contribution in [0.4, 0.5) is 11.4 Å². The van der Waals surface area contributed by atoms with Crippen LogP contribution in [0.15, 0.2) is 53.6 Å². The van der Waals surface area contributed by atoms with Crippen LogP contribution in [-0.2, 0) is 11.3 Å². The molecule has 0 aliphatic carbocycles. The molecule has 1 heterocycles. The van der Waals surface area contributed by atoms with Gasteiger partial charge in [-0.15, -0.1) is 0 Å². The Hall–Kier alpha value is -2.86. The maximum absolute atomic E-state index is 12.5. The lowest BCUT2D eigenvalue weighted by atomic mass is 10.2. The second-order valence-corrected chi connectivity index (χ2v) is 6.90. The average Bonchev–Trinajstić information content (AvgIpc) is 2.63. The summed E-state index contributed by atoms with van der Waals surface area (Å²) in [6, 6.07) is 12.6. The van der Waals surface area contributed by atoms with E-state index in [1.54, 1.807) is 22.8 Å². The van der Waals surface area contributed by atoms with E-state index < -0.39 is 0 Å². The van der Waals surface area contributed by atoms with E-state index in [0.717, 1.165) is 5.69 Å². The highest BCUT2D eigenvalue weighted by atomic mass is 35.5. The summed E-state index contributed by atoms with van der Waals surface area (Å²) in [4.78, 5) is 31.0. The largest absolute Gasteiger partial charge is 0.376 e. The van der Waals surface area contributed by atoms with E-state index in [9.17, 15) is 9.59 Å². The molecule has 7 heteroatoms. The lowest BCUT2D eigenvalue weighted by Gasteiger charge is -2.18. The molecule has 0 spiro atoms. The number of anilines is 2. The molecular weight excluding hydrogens is 364 g/mol. The number of nitrogens with zero attached hydrogens (tertiary/aromatic N) is 3. The van der Waals surface area contributed by atoms with Crippen molar-refractivity contribution in [2.45, 2.75) is 19.4 Å². The molecule has 0 aliphatic heterocycles. The van der Waals surface area contributed by atoms with Crippen LogP contribution in [0.5, 0.6) is 0 Å². The molecule has 0 radical (unpaired) electrons. The van der Waals surface area contributed by atoms with Crippen molar-refractivity contribution in [1.29, 1.82) is 0 Å². The standard InChI is InChI=1S/C20H21ClN4O2/c1-24(2)18-10-9-14(21)12-17(18)23-19(26)8-5-11-25-13-22-16-7-4-3-6-15(16)20(25)27/h3-4,6-7,9-10,12-13H,5,8,11H2,1-2H3,(H,23,26). The number of halogens is 1. The van der Waals surface area contributed by atoms with E-state index in [1.165, 1.54) is 6.33 Å². The quantitative estimate of drug-likeness (QED) is 0.706. The fraction of sp³-hybridized carbons (Fsp3) is 0.250. The first-order valence-corrected chi connectivity index (χ1v) is 9.04. The Bertz CT molecular complexity index is 1030. The molecule has 140 valence electrons. The maximum atomic E-state index is 12.5. The molecule has 0 saturated heterocycles. The van der Waals surface area contributed by atoms with Gasteiger partial charge in [-0.25, -0.2) is 4.98 Å². The topological polar surface area (TPSA) is 67.2 Å². The summed E-state index contributed by atoms with van der Waals surface area (Å²) in [5.74, 6) is -0.123. The molecule has 0 aliphatic rings. The molecule has 0 unspecified atom stereocenters. The Kier molecular flexibility index (Phi) is 5.76. The number of fused-ring (bicyclic) bond motifs is 1. The van der Waals surface area contributed by atoms with E-state index in [0.29, 0.717) is 41.0 Å². The van der Waals surface area contributed by atoms with E-state index in [1.807, 2.05) is 43.3 Å². The predicted octanol–water partition coefficient (Wildman–Crippen LogP) is 3.53. The summed E-state index contributed by atoms with van der Waals surface area (Å²) in [5.41, 5.74) is 2.13. The molecule has 0 atom stereocenters. The van der Waals surface area contributed by atoms with Crippen molar-refractivity contribution >= 4 is 39.8 Å². The van der Waals surface area contributed by atoms with Gasteiger partial charge in [0.2, 0.25) is 5.91 Å². The second-order valence-electron chi connectivity index (χ2n) is 6.47. The zero-order chi connectivity index (χ0) is 19.4. The molecular formula is C20H21ClN4O2. The molecule has 3 aromatic rings. The fourth-order valence-electron chi connectivity index (χ4n) is 2.89. The molecule has 2 aromatic carbocycles. The summed E-state index contributed by atoms with van der Waals surface area (Å²) in [6.07, 6.45) is 2.35. The van der Waals surface area contributed by atoms with Crippen LogP contribution in [0.2, 0.25) is 5.02 Å². The van der Waals surface area contributed by atoms with Crippen LogP contribution in [-0.4, -0.2) is 29.6 Å². The lowest BCUT2D eigenvalue weighted by Crippen LogP contribution is -2.22. The zero-order valence-corrected chi connectivity index (χ0v) is 16.0.